The zero-order valence-electron chi connectivity index (χ0n) is 16.1. The standard InChI is InChI=1S/C20H18ClF4N3O3/c21-15-2-1-7-26-18(15)28-10-8-27(9-11-28)17(29)6-4-13-3-5-14(30-19(22)23)12-16(13)31-20(24)25/h1-7,12,19-20H,8-11H2/b6-4+. The molecule has 0 aliphatic carbocycles. The topological polar surface area (TPSA) is 54.9 Å². The number of pyridine rings is 1. The normalized spacial score (nSPS) is 14.5. The number of hydrogen-bond donors (Lipinski definition) is 0. The summed E-state index contributed by atoms with van der Waals surface area (Å²) >= 11 is 6.15. The summed E-state index contributed by atoms with van der Waals surface area (Å²) in [5, 5.41) is 0.521. The molecule has 2 aromatic rings. The minimum Gasteiger partial charge on any atom is -0.435 e. The van der Waals surface area contributed by atoms with Gasteiger partial charge in [-0.1, -0.05) is 11.6 Å². The second-order valence-electron chi connectivity index (χ2n) is 6.41. The van der Waals surface area contributed by atoms with Crippen LogP contribution in [0.25, 0.3) is 6.08 Å². The number of aromatic nitrogens is 1. The zero-order valence-corrected chi connectivity index (χ0v) is 16.8. The molecule has 0 spiro atoms. The van der Waals surface area contributed by atoms with Gasteiger partial charge >= 0.3 is 13.2 Å². The zero-order chi connectivity index (χ0) is 22.4. The molecule has 0 saturated carbocycles. The lowest BCUT2D eigenvalue weighted by atomic mass is 10.1. The summed E-state index contributed by atoms with van der Waals surface area (Å²) in [6.45, 7) is -4.40. The third-order valence-electron chi connectivity index (χ3n) is 4.46. The van der Waals surface area contributed by atoms with Crippen molar-refractivity contribution in [1.82, 2.24) is 9.88 Å². The molecule has 0 N–H and O–H groups in total. The van der Waals surface area contributed by atoms with Gasteiger partial charge in [-0.15, -0.1) is 0 Å². The fourth-order valence-electron chi connectivity index (χ4n) is 3.04. The predicted octanol–water partition coefficient (Wildman–Crippen LogP) is 4.30. The van der Waals surface area contributed by atoms with E-state index in [1.54, 1.807) is 23.2 Å². The molecule has 0 bridgehead atoms. The van der Waals surface area contributed by atoms with Gasteiger partial charge in [-0.2, -0.15) is 17.6 Å². The lowest BCUT2D eigenvalue weighted by Crippen LogP contribution is -2.48. The molecule has 2 heterocycles. The van der Waals surface area contributed by atoms with E-state index < -0.39 is 13.2 Å². The monoisotopic (exact) mass is 459 g/mol. The van der Waals surface area contributed by atoms with Crippen LogP contribution in [0.3, 0.4) is 0 Å². The number of alkyl halides is 4. The first-order valence-corrected chi connectivity index (χ1v) is 9.57. The smallest absolute Gasteiger partial charge is 0.387 e. The number of benzene rings is 1. The molecular formula is C20H18ClF4N3O3. The number of hydrogen-bond acceptors (Lipinski definition) is 5. The van der Waals surface area contributed by atoms with E-state index in [0.717, 1.165) is 6.07 Å². The molecule has 1 amide bonds. The molecule has 1 aromatic carbocycles. The highest BCUT2D eigenvalue weighted by atomic mass is 35.5. The average molecular weight is 460 g/mol. The predicted molar refractivity (Wildman–Crippen MR) is 107 cm³/mol. The maximum absolute atomic E-state index is 12.7. The molecular weight excluding hydrogens is 442 g/mol. The molecule has 6 nitrogen and oxygen atoms in total. The maximum atomic E-state index is 12.7. The number of carbonyl (C=O) groups excluding carboxylic acids is 1. The Kier molecular flexibility index (Phi) is 7.56. The van der Waals surface area contributed by atoms with Crippen molar-refractivity contribution in [3.63, 3.8) is 0 Å². The van der Waals surface area contributed by atoms with Crippen molar-refractivity contribution in [2.45, 2.75) is 13.2 Å². The van der Waals surface area contributed by atoms with Gasteiger partial charge in [0.2, 0.25) is 5.91 Å². The van der Waals surface area contributed by atoms with Crippen LogP contribution in [0.4, 0.5) is 23.4 Å². The number of piperazine rings is 1. The van der Waals surface area contributed by atoms with Crippen molar-refractivity contribution in [2.75, 3.05) is 31.1 Å². The van der Waals surface area contributed by atoms with E-state index in [0.29, 0.717) is 37.0 Å². The molecule has 1 aromatic heterocycles. The molecule has 1 aliphatic heterocycles. The van der Waals surface area contributed by atoms with Crippen molar-refractivity contribution in [3.8, 4) is 11.5 Å². The molecule has 11 heteroatoms. The van der Waals surface area contributed by atoms with E-state index in [1.165, 1.54) is 24.3 Å². The first kappa shape index (κ1) is 22.7. The Morgan fingerprint density at radius 3 is 2.42 bits per heavy atom. The molecule has 0 unspecified atom stereocenters. The van der Waals surface area contributed by atoms with Crippen LogP contribution in [-0.2, 0) is 4.79 Å². The van der Waals surface area contributed by atoms with Gasteiger partial charge in [-0.3, -0.25) is 4.79 Å². The van der Waals surface area contributed by atoms with E-state index in [1.807, 2.05) is 4.90 Å². The van der Waals surface area contributed by atoms with Crippen molar-refractivity contribution in [1.29, 1.82) is 0 Å². The van der Waals surface area contributed by atoms with Crippen molar-refractivity contribution < 1.29 is 31.8 Å². The van der Waals surface area contributed by atoms with Crippen LogP contribution in [0.1, 0.15) is 5.56 Å². The largest absolute Gasteiger partial charge is 0.435 e. The Balaban J connectivity index is 1.65. The van der Waals surface area contributed by atoms with E-state index in [2.05, 4.69) is 14.5 Å². The molecule has 166 valence electrons. The molecule has 1 aliphatic rings. The lowest BCUT2D eigenvalue weighted by molar-refractivity contribution is -0.126. The van der Waals surface area contributed by atoms with Crippen LogP contribution in [0.2, 0.25) is 5.02 Å². The van der Waals surface area contributed by atoms with Crippen LogP contribution in [0, 0.1) is 0 Å². The fourth-order valence-corrected chi connectivity index (χ4v) is 3.28. The number of ether oxygens (including phenoxy) is 2. The summed E-state index contributed by atoms with van der Waals surface area (Å²) < 4.78 is 58.6. The minimum atomic E-state index is -3.17. The lowest BCUT2D eigenvalue weighted by Gasteiger charge is -2.35. The van der Waals surface area contributed by atoms with Crippen LogP contribution in [-0.4, -0.2) is 55.2 Å². The summed E-state index contributed by atoms with van der Waals surface area (Å²) in [4.78, 5) is 20.3. The van der Waals surface area contributed by atoms with Gasteiger partial charge in [-0.05, 0) is 30.3 Å². The van der Waals surface area contributed by atoms with Crippen LogP contribution >= 0.6 is 11.6 Å². The number of rotatable bonds is 7. The molecule has 0 radical (unpaired) electrons. The van der Waals surface area contributed by atoms with Gasteiger partial charge < -0.3 is 19.3 Å². The van der Waals surface area contributed by atoms with Crippen molar-refractivity contribution in [2.24, 2.45) is 0 Å². The summed E-state index contributed by atoms with van der Waals surface area (Å²) in [6.07, 6.45) is 4.14. The first-order chi connectivity index (χ1) is 14.8. The van der Waals surface area contributed by atoms with Crippen LogP contribution in [0.15, 0.2) is 42.6 Å². The highest BCUT2D eigenvalue weighted by molar-refractivity contribution is 6.32. The summed E-state index contributed by atoms with van der Waals surface area (Å²) in [5.41, 5.74) is 0.120. The summed E-state index contributed by atoms with van der Waals surface area (Å²) in [5.74, 6) is -0.403. The van der Waals surface area contributed by atoms with E-state index in [4.69, 9.17) is 11.6 Å². The number of carbonyl (C=O) groups is 1. The van der Waals surface area contributed by atoms with Crippen molar-refractivity contribution in [3.05, 3.63) is 53.2 Å². The number of halogens is 5. The molecule has 3 rings (SSSR count). The molecule has 0 atom stereocenters. The Labute approximate surface area is 180 Å². The highest BCUT2D eigenvalue weighted by Gasteiger charge is 2.22. The average Bonchev–Trinajstić information content (AvgIpc) is 2.72. The van der Waals surface area contributed by atoms with Gasteiger partial charge in [-0.25, -0.2) is 4.98 Å². The molecule has 1 fully saturated rings. The van der Waals surface area contributed by atoms with Gasteiger partial charge in [0.25, 0.3) is 0 Å². The van der Waals surface area contributed by atoms with E-state index in [9.17, 15) is 22.4 Å². The van der Waals surface area contributed by atoms with Gasteiger partial charge in [0, 0.05) is 50.1 Å². The fraction of sp³-hybridized carbons (Fsp3) is 0.300. The second-order valence-corrected chi connectivity index (χ2v) is 6.82. The summed E-state index contributed by atoms with van der Waals surface area (Å²) in [6, 6.07) is 6.80. The third-order valence-corrected chi connectivity index (χ3v) is 4.76. The van der Waals surface area contributed by atoms with Crippen LogP contribution in [0.5, 0.6) is 11.5 Å². The number of amides is 1. The Bertz CT molecular complexity index is 938. The van der Waals surface area contributed by atoms with Crippen LogP contribution < -0.4 is 14.4 Å². The number of anilines is 1. The van der Waals surface area contributed by atoms with E-state index >= 15 is 0 Å². The number of nitrogens with zero attached hydrogens (tertiary/aromatic N) is 3. The SMILES string of the molecule is O=C(/C=C/c1ccc(OC(F)F)cc1OC(F)F)N1CCN(c2ncccc2Cl)CC1. The Hall–Kier alpha value is -3.01. The second kappa shape index (κ2) is 10.3. The Morgan fingerprint density at radius 2 is 1.77 bits per heavy atom. The molecule has 31 heavy (non-hydrogen) atoms. The van der Waals surface area contributed by atoms with Crippen molar-refractivity contribution >= 4 is 29.4 Å². The quantitative estimate of drug-likeness (QED) is 0.456. The van der Waals surface area contributed by atoms with Gasteiger partial charge in [0.05, 0.1) is 5.02 Å². The highest BCUT2D eigenvalue weighted by Crippen LogP contribution is 2.29. The maximum Gasteiger partial charge on any atom is 0.387 e. The third kappa shape index (κ3) is 6.24. The van der Waals surface area contributed by atoms with Gasteiger partial charge in [0.1, 0.15) is 17.3 Å². The van der Waals surface area contributed by atoms with Gasteiger partial charge in [0.15, 0.2) is 0 Å². The minimum absolute atomic E-state index is 0.120. The Morgan fingerprint density at radius 1 is 1.06 bits per heavy atom. The molecule has 1 saturated heterocycles. The summed E-state index contributed by atoms with van der Waals surface area (Å²) in [7, 11) is 0. The first-order valence-electron chi connectivity index (χ1n) is 9.19. The van der Waals surface area contributed by atoms with E-state index in [-0.39, 0.29) is 23.0 Å².